The van der Waals surface area contributed by atoms with Gasteiger partial charge in [0.25, 0.3) is 0 Å². The van der Waals surface area contributed by atoms with Crippen LogP contribution in [0.25, 0.3) is 72.2 Å². The first-order valence-corrected chi connectivity index (χ1v) is 14.0. The van der Waals surface area contributed by atoms with E-state index in [1.54, 1.807) is 0 Å². The maximum atomic E-state index is 6.40. The maximum Gasteiger partial charge on any atom is 0.236 e. The van der Waals surface area contributed by atoms with Crippen molar-refractivity contribution in [3.63, 3.8) is 0 Å². The summed E-state index contributed by atoms with van der Waals surface area (Å²) in [5, 5.41) is 3.38. The summed E-state index contributed by atoms with van der Waals surface area (Å²) in [5.41, 5.74) is 11.5. The number of hydrogen-bond donors (Lipinski definition) is 0. The molecule has 0 unspecified atom stereocenters. The Kier molecular flexibility index (Phi) is 4.36. The first-order chi connectivity index (χ1) is 20.1. The zero-order valence-corrected chi connectivity index (χ0v) is 22.7. The van der Waals surface area contributed by atoms with Crippen LogP contribution < -0.4 is 0 Å². The zero-order chi connectivity index (χ0) is 27.3. The van der Waals surface area contributed by atoms with Gasteiger partial charge in [-0.15, -0.1) is 0 Å². The maximum absolute atomic E-state index is 6.40. The third-order valence-electron chi connectivity index (χ3n) is 8.83. The molecule has 0 N–H and O–H groups in total. The van der Waals surface area contributed by atoms with Crippen LogP contribution in [0.5, 0.6) is 0 Å². The lowest BCUT2D eigenvalue weighted by Crippen LogP contribution is -2.14. The molecule has 41 heavy (non-hydrogen) atoms. The molecule has 0 bridgehead atoms. The fourth-order valence-corrected chi connectivity index (χ4v) is 6.92. The summed E-state index contributed by atoms with van der Waals surface area (Å²) < 4.78 is 8.67. The van der Waals surface area contributed by atoms with Gasteiger partial charge in [0.1, 0.15) is 16.8 Å². The molecule has 1 aliphatic carbocycles. The summed E-state index contributed by atoms with van der Waals surface area (Å²) in [6.45, 7) is 4.65. The summed E-state index contributed by atoms with van der Waals surface area (Å²) >= 11 is 0. The summed E-state index contributed by atoms with van der Waals surface area (Å²) in [6, 6.07) is 40.4. The first kappa shape index (κ1) is 22.6. The molecule has 4 nitrogen and oxygen atoms in total. The van der Waals surface area contributed by atoms with Crippen molar-refractivity contribution < 1.29 is 4.42 Å². The SMILES string of the molecule is CC1(C)c2ccccc2-c2c1ccc1c3ccccc3n(-c3nc(-c4ccccc4)c4oc5ccccc5c4n3)c21. The average molecular weight is 528 g/mol. The highest BCUT2D eigenvalue weighted by molar-refractivity contribution is 6.16. The number of benzene rings is 5. The summed E-state index contributed by atoms with van der Waals surface area (Å²) in [6.07, 6.45) is 0. The Balaban J connectivity index is 1.48. The number of rotatable bonds is 2. The van der Waals surface area contributed by atoms with Gasteiger partial charge in [0.05, 0.1) is 11.0 Å². The molecular formula is C37H25N3O. The van der Waals surface area contributed by atoms with Gasteiger partial charge in [-0.25, -0.2) is 9.97 Å². The minimum absolute atomic E-state index is 0.109. The molecule has 4 heteroatoms. The Hall–Kier alpha value is -5.22. The van der Waals surface area contributed by atoms with Crippen molar-refractivity contribution in [2.45, 2.75) is 19.3 Å². The fourth-order valence-electron chi connectivity index (χ4n) is 6.92. The molecule has 0 amide bonds. The Morgan fingerprint density at radius 3 is 2.24 bits per heavy atom. The molecule has 0 saturated carbocycles. The second-order valence-electron chi connectivity index (χ2n) is 11.4. The Morgan fingerprint density at radius 1 is 0.634 bits per heavy atom. The number of aromatic nitrogens is 3. The van der Waals surface area contributed by atoms with E-state index < -0.39 is 0 Å². The van der Waals surface area contributed by atoms with Crippen LogP contribution in [0.15, 0.2) is 120 Å². The number of furan rings is 1. The van der Waals surface area contributed by atoms with Crippen LogP contribution in [-0.2, 0) is 5.41 Å². The first-order valence-electron chi connectivity index (χ1n) is 14.0. The van der Waals surface area contributed by atoms with Crippen molar-refractivity contribution in [2.24, 2.45) is 0 Å². The molecule has 194 valence electrons. The quantitative estimate of drug-likeness (QED) is 0.225. The second-order valence-corrected chi connectivity index (χ2v) is 11.4. The van der Waals surface area contributed by atoms with E-state index in [1.165, 1.54) is 33.0 Å². The molecule has 0 atom stereocenters. The van der Waals surface area contributed by atoms with Gasteiger partial charge in [0.2, 0.25) is 5.95 Å². The summed E-state index contributed by atoms with van der Waals surface area (Å²) in [5.74, 6) is 0.643. The van der Waals surface area contributed by atoms with Crippen molar-refractivity contribution in [2.75, 3.05) is 0 Å². The van der Waals surface area contributed by atoms with Crippen molar-refractivity contribution in [3.05, 3.63) is 126 Å². The van der Waals surface area contributed by atoms with Crippen molar-refractivity contribution in [3.8, 4) is 28.3 Å². The Morgan fingerprint density at radius 2 is 1.37 bits per heavy atom. The molecule has 5 aromatic carbocycles. The molecule has 9 rings (SSSR count). The van der Waals surface area contributed by atoms with E-state index in [2.05, 4.69) is 97.3 Å². The van der Waals surface area contributed by atoms with Crippen molar-refractivity contribution >= 4 is 43.9 Å². The fraction of sp³-hybridized carbons (Fsp3) is 0.0811. The topological polar surface area (TPSA) is 43.9 Å². The predicted molar refractivity (Wildman–Crippen MR) is 167 cm³/mol. The zero-order valence-electron chi connectivity index (χ0n) is 22.7. The van der Waals surface area contributed by atoms with Crippen LogP contribution in [-0.4, -0.2) is 14.5 Å². The van der Waals surface area contributed by atoms with Gasteiger partial charge in [0.15, 0.2) is 5.58 Å². The van der Waals surface area contributed by atoms with Crippen LogP contribution in [0.1, 0.15) is 25.0 Å². The lowest BCUT2D eigenvalue weighted by atomic mass is 9.82. The highest BCUT2D eigenvalue weighted by Crippen LogP contribution is 2.52. The molecular weight excluding hydrogens is 502 g/mol. The lowest BCUT2D eigenvalue weighted by Gasteiger charge is -2.21. The van der Waals surface area contributed by atoms with Crippen LogP contribution in [0.3, 0.4) is 0 Å². The van der Waals surface area contributed by atoms with Gasteiger partial charge in [-0.3, -0.25) is 4.57 Å². The number of nitrogens with zero attached hydrogens (tertiary/aromatic N) is 3. The number of hydrogen-bond acceptors (Lipinski definition) is 3. The number of para-hydroxylation sites is 2. The third-order valence-corrected chi connectivity index (χ3v) is 8.83. The van der Waals surface area contributed by atoms with Crippen LogP contribution in [0, 0.1) is 0 Å². The predicted octanol–water partition coefficient (Wildman–Crippen LogP) is 9.45. The van der Waals surface area contributed by atoms with E-state index in [0.717, 1.165) is 38.8 Å². The van der Waals surface area contributed by atoms with Gasteiger partial charge >= 0.3 is 0 Å². The molecule has 0 fully saturated rings. The molecule has 0 radical (unpaired) electrons. The van der Waals surface area contributed by atoms with Crippen LogP contribution in [0.2, 0.25) is 0 Å². The molecule has 3 heterocycles. The standard InChI is InChI=1S/C37H25N3O/c1-37(2)27-17-9-6-15-25(27)31-28(37)21-20-24-23-14-7-10-18-29(23)40(34(24)31)36-38-32(22-12-4-3-5-13-22)35-33(39-36)26-16-8-11-19-30(26)41-35/h3-21H,1-2H3. The van der Waals surface area contributed by atoms with Crippen LogP contribution >= 0.6 is 0 Å². The van der Waals surface area contributed by atoms with Gasteiger partial charge < -0.3 is 4.42 Å². The summed E-state index contributed by atoms with van der Waals surface area (Å²) in [4.78, 5) is 10.6. The van der Waals surface area contributed by atoms with E-state index in [9.17, 15) is 0 Å². The van der Waals surface area contributed by atoms with E-state index in [0.29, 0.717) is 11.5 Å². The van der Waals surface area contributed by atoms with Crippen LogP contribution in [0.4, 0.5) is 0 Å². The highest BCUT2D eigenvalue weighted by Gasteiger charge is 2.37. The second kappa shape index (κ2) is 7.92. The minimum atomic E-state index is -0.109. The lowest BCUT2D eigenvalue weighted by molar-refractivity contribution is 0.660. The van der Waals surface area contributed by atoms with Gasteiger partial charge in [-0.1, -0.05) is 111 Å². The van der Waals surface area contributed by atoms with E-state index >= 15 is 0 Å². The molecule has 0 saturated heterocycles. The van der Waals surface area contributed by atoms with Gasteiger partial charge in [-0.2, -0.15) is 0 Å². The normalized spacial score (nSPS) is 13.8. The molecule has 1 aliphatic rings. The highest BCUT2D eigenvalue weighted by atomic mass is 16.3. The molecule has 3 aromatic heterocycles. The van der Waals surface area contributed by atoms with Crippen molar-refractivity contribution in [1.29, 1.82) is 0 Å². The minimum Gasteiger partial charge on any atom is -0.452 e. The monoisotopic (exact) mass is 527 g/mol. The van der Waals surface area contributed by atoms with Gasteiger partial charge in [0, 0.05) is 32.7 Å². The molecule has 0 aliphatic heterocycles. The summed E-state index contributed by atoms with van der Waals surface area (Å²) in [7, 11) is 0. The number of fused-ring (bicyclic) bond motifs is 10. The smallest absolute Gasteiger partial charge is 0.236 e. The average Bonchev–Trinajstić information content (AvgIpc) is 3.63. The van der Waals surface area contributed by atoms with E-state index in [4.69, 9.17) is 14.4 Å². The largest absolute Gasteiger partial charge is 0.452 e. The molecule has 8 aromatic rings. The van der Waals surface area contributed by atoms with Crippen molar-refractivity contribution in [1.82, 2.24) is 14.5 Å². The van der Waals surface area contributed by atoms with E-state index in [1.807, 2.05) is 36.4 Å². The van der Waals surface area contributed by atoms with Gasteiger partial charge in [-0.05, 0) is 34.9 Å². The molecule has 0 spiro atoms. The van der Waals surface area contributed by atoms with E-state index in [-0.39, 0.29) is 5.41 Å². The Bertz CT molecular complexity index is 2340. The third kappa shape index (κ3) is 2.94. The Labute approximate surface area is 236 Å².